The molecular formula is C26H48O5S. The average molecular weight is 473 g/mol. The molecule has 0 bridgehead atoms. The van der Waals surface area contributed by atoms with E-state index in [2.05, 4.69) is 6.92 Å². The summed E-state index contributed by atoms with van der Waals surface area (Å²) in [5.74, 6) is 0.668. The topological polar surface area (TPSA) is 65.0 Å². The molecule has 2 rings (SSSR count). The highest BCUT2D eigenvalue weighted by Gasteiger charge is 2.52. The summed E-state index contributed by atoms with van der Waals surface area (Å²) in [4.78, 5) is 11.9. The van der Waals surface area contributed by atoms with Gasteiger partial charge in [0.15, 0.2) is 5.79 Å². The predicted octanol–water partition coefficient (Wildman–Crippen LogP) is 6.25. The van der Waals surface area contributed by atoms with Crippen LogP contribution in [0.5, 0.6) is 0 Å². The molecule has 3 unspecified atom stereocenters. The molecule has 1 spiro atoms. The second-order valence-electron chi connectivity index (χ2n) is 11.0. The number of ether oxygens (including phenoxy) is 3. The van der Waals surface area contributed by atoms with Crippen molar-refractivity contribution in [1.29, 1.82) is 0 Å². The Morgan fingerprint density at radius 1 is 1.06 bits per heavy atom. The van der Waals surface area contributed by atoms with Crippen molar-refractivity contribution >= 4 is 17.7 Å². The molecule has 188 valence electrons. The second kappa shape index (κ2) is 13.0. The van der Waals surface area contributed by atoms with Crippen LogP contribution in [0.25, 0.3) is 0 Å². The molecule has 2 aliphatic rings. The van der Waals surface area contributed by atoms with E-state index in [0.29, 0.717) is 30.8 Å². The molecule has 1 saturated carbocycles. The van der Waals surface area contributed by atoms with Gasteiger partial charge >= 0.3 is 5.97 Å². The molecule has 3 atom stereocenters. The Morgan fingerprint density at radius 3 is 2.41 bits per heavy atom. The lowest BCUT2D eigenvalue weighted by atomic mass is 9.94. The first-order valence-electron chi connectivity index (χ1n) is 12.9. The summed E-state index contributed by atoms with van der Waals surface area (Å²) in [7, 11) is 0. The molecule has 0 amide bonds. The maximum Gasteiger partial charge on any atom is 0.306 e. The molecule has 0 aromatic carbocycles. The van der Waals surface area contributed by atoms with Crippen LogP contribution in [0.3, 0.4) is 0 Å². The monoisotopic (exact) mass is 472 g/mol. The van der Waals surface area contributed by atoms with Crippen LogP contribution < -0.4 is 0 Å². The highest BCUT2D eigenvalue weighted by molar-refractivity contribution is 8.00. The van der Waals surface area contributed by atoms with Gasteiger partial charge in [-0.3, -0.25) is 4.79 Å². The first-order chi connectivity index (χ1) is 15.1. The third kappa shape index (κ3) is 9.52. The fourth-order valence-corrected chi connectivity index (χ4v) is 6.52. The number of carbonyl (C=O) groups is 1. The number of aliphatic hydroxyl groups is 1. The van der Waals surface area contributed by atoms with E-state index in [1.807, 2.05) is 39.5 Å². The van der Waals surface area contributed by atoms with Gasteiger partial charge in [0.1, 0.15) is 5.60 Å². The summed E-state index contributed by atoms with van der Waals surface area (Å²) in [6.07, 6.45) is 12.2. The molecule has 0 aromatic heterocycles. The van der Waals surface area contributed by atoms with Gasteiger partial charge in [-0.05, 0) is 53.4 Å². The van der Waals surface area contributed by atoms with Gasteiger partial charge in [-0.1, -0.05) is 45.4 Å². The highest BCUT2D eigenvalue weighted by atomic mass is 32.2. The number of unbranched alkanes of at least 4 members (excludes halogenated alkanes) is 5. The molecule has 5 nitrogen and oxygen atoms in total. The van der Waals surface area contributed by atoms with Crippen molar-refractivity contribution in [2.45, 2.75) is 134 Å². The molecular weight excluding hydrogens is 424 g/mol. The Balaban J connectivity index is 1.76. The van der Waals surface area contributed by atoms with Crippen molar-refractivity contribution in [3.63, 3.8) is 0 Å². The largest absolute Gasteiger partial charge is 0.460 e. The Hall–Kier alpha value is -0.300. The van der Waals surface area contributed by atoms with Crippen molar-refractivity contribution in [3.8, 4) is 0 Å². The number of rotatable bonds is 14. The van der Waals surface area contributed by atoms with Crippen LogP contribution >= 0.6 is 11.8 Å². The summed E-state index contributed by atoms with van der Waals surface area (Å²) in [5, 5.41) is 11.3. The van der Waals surface area contributed by atoms with E-state index in [4.69, 9.17) is 14.2 Å². The average Bonchev–Trinajstić information content (AvgIpc) is 3.30. The molecule has 2 fully saturated rings. The van der Waals surface area contributed by atoms with Gasteiger partial charge in [0.2, 0.25) is 0 Å². The third-order valence-corrected chi connectivity index (χ3v) is 8.34. The van der Waals surface area contributed by atoms with E-state index in [1.165, 1.54) is 12.8 Å². The normalized spacial score (nSPS) is 24.7. The summed E-state index contributed by atoms with van der Waals surface area (Å²) in [5.41, 5.74) is -0.998. The molecule has 6 heteroatoms. The van der Waals surface area contributed by atoms with Crippen molar-refractivity contribution in [2.75, 3.05) is 19.0 Å². The summed E-state index contributed by atoms with van der Waals surface area (Å²) < 4.78 is 17.7. The molecule has 32 heavy (non-hydrogen) atoms. The van der Waals surface area contributed by atoms with E-state index in [1.54, 1.807) is 0 Å². The Labute approximate surface area is 200 Å². The summed E-state index contributed by atoms with van der Waals surface area (Å²) >= 11 is 1.92. The zero-order valence-corrected chi connectivity index (χ0v) is 22.1. The van der Waals surface area contributed by atoms with Crippen LogP contribution in [-0.4, -0.2) is 52.3 Å². The van der Waals surface area contributed by atoms with Gasteiger partial charge in [0.05, 0.1) is 18.8 Å². The number of thioether (sulfide) groups is 1. The molecule has 0 radical (unpaired) electrons. The fraction of sp³-hybridized carbons (Fsp3) is 0.962. The van der Waals surface area contributed by atoms with Crippen LogP contribution in [0.2, 0.25) is 0 Å². The smallest absolute Gasteiger partial charge is 0.306 e. The van der Waals surface area contributed by atoms with E-state index >= 15 is 0 Å². The van der Waals surface area contributed by atoms with Crippen molar-refractivity contribution < 1.29 is 24.1 Å². The third-order valence-electron chi connectivity index (χ3n) is 6.56. The molecule has 1 saturated heterocycles. The number of esters is 1. The molecule has 1 aliphatic heterocycles. The number of hydrogen-bond donors (Lipinski definition) is 1. The molecule has 1 aliphatic carbocycles. The summed E-state index contributed by atoms with van der Waals surface area (Å²) in [6, 6.07) is 0. The first kappa shape index (κ1) is 27.9. The van der Waals surface area contributed by atoms with Gasteiger partial charge in [-0.25, -0.2) is 0 Å². The predicted molar refractivity (Wildman–Crippen MR) is 132 cm³/mol. The molecule has 0 aromatic rings. The number of carbonyl (C=O) groups excluding carboxylic acids is 1. The zero-order chi connectivity index (χ0) is 23.7. The van der Waals surface area contributed by atoms with E-state index in [0.717, 1.165) is 63.5 Å². The van der Waals surface area contributed by atoms with Crippen LogP contribution in [-0.2, 0) is 19.0 Å². The van der Waals surface area contributed by atoms with Crippen molar-refractivity contribution in [2.24, 2.45) is 5.92 Å². The van der Waals surface area contributed by atoms with Gasteiger partial charge in [0.25, 0.3) is 0 Å². The van der Waals surface area contributed by atoms with Crippen LogP contribution in [0, 0.1) is 5.92 Å². The van der Waals surface area contributed by atoms with E-state index in [-0.39, 0.29) is 5.97 Å². The quantitative estimate of drug-likeness (QED) is 0.238. The lowest BCUT2D eigenvalue weighted by molar-refractivity contribution is -0.182. The fourth-order valence-electron chi connectivity index (χ4n) is 4.94. The zero-order valence-electron chi connectivity index (χ0n) is 21.2. The van der Waals surface area contributed by atoms with Gasteiger partial charge < -0.3 is 19.3 Å². The number of hydrogen-bond acceptors (Lipinski definition) is 6. The highest BCUT2D eigenvalue weighted by Crippen LogP contribution is 2.49. The van der Waals surface area contributed by atoms with E-state index < -0.39 is 17.0 Å². The maximum atomic E-state index is 11.9. The Bertz CT molecular complexity index is 551. The van der Waals surface area contributed by atoms with E-state index in [9.17, 15) is 9.90 Å². The maximum absolute atomic E-state index is 11.9. The van der Waals surface area contributed by atoms with Crippen molar-refractivity contribution in [1.82, 2.24) is 0 Å². The standard InChI is InChI=1S/C26H48O5S/c1-6-7-12-16-25(5,28)20-32-22-15-17-26(29-18-19-30-26)21(22)13-10-8-9-11-14-23(27)31-24(2,3)4/h21-22,28H,6-20H2,1-5H3. The Kier molecular flexibility index (Phi) is 11.3. The SMILES string of the molecule is CCCCCC(C)(O)CSC1CCC2(OCCO2)C1CCCCCCC(=O)OC(C)(C)C. The van der Waals surface area contributed by atoms with Gasteiger partial charge in [0, 0.05) is 29.8 Å². The lowest BCUT2D eigenvalue weighted by Gasteiger charge is -2.33. The molecule has 1 N–H and O–H groups in total. The van der Waals surface area contributed by atoms with Crippen molar-refractivity contribution in [3.05, 3.63) is 0 Å². The van der Waals surface area contributed by atoms with Gasteiger partial charge in [-0.15, -0.1) is 0 Å². The first-order valence-corrected chi connectivity index (χ1v) is 14.0. The Morgan fingerprint density at radius 2 is 1.75 bits per heavy atom. The molecule has 1 heterocycles. The summed E-state index contributed by atoms with van der Waals surface area (Å²) in [6.45, 7) is 11.3. The second-order valence-corrected chi connectivity index (χ2v) is 12.2. The minimum Gasteiger partial charge on any atom is -0.460 e. The van der Waals surface area contributed by atoms with Crippen LogP contribution in [0.1, 0.15) is 112 Å². The van der Waals surface area contributed by atoms with Gasteiger partial charge in [-0.2, -0.15) is 11.8 Å². The lowest BCUT2D eigenvalue weighted by Crippen LogP contribution is -2.38. The van der Waals surface area contributed by atoms with Crippen LogP contribution in [0.4, 0.5) is 0 Å². The van der Waals surface area contributed by atoms with Crippen LogP contribution in [0.15, 0.2) is 0 Å². The minimum absolute atomic E-state index is 0.0949. The minimum atomic E-state index is -0.598.